The van der Waals surface area contributed by atoms with Crippen LogP contribution in [0, 0.1) is 0 Å². The van der Waals surface area contributed by atoms with Crippen LogP contribution in [0.4, 0.5) is 5.69 Å². The van der Waals surface area contributed by atoms with Crippen molar-refractivity contribution in [1.82, 2.24) is 9.62 Å². The fraction of sp³-hybridized carbons (Fsp3) is 0.375. The molecule has 0 saturated carbocycles. The SMILES string of the molecule is CN(C)c1ccc([C@H](CNS(=O)(=O)c2ccc(Cl)s2)N(C)C)cc1. The van der Waals surface area contributed by atoms with Gasteiger partial charge >= 0.3 is 0 Å². The molecule has 2 aromatic rings. The van der Waals surface area contributed by atoms with Crippen LogP contribution in [0.1, 0.15) is 11.6 Å². The summed E-state index contributed by atoms with van der Waals surface area (Å²) >= 11 is 6.88. The number of halogens is 1. The normalized spacial score (nSPS) is 13.2. The molecule has 132 valence electrons. The first-order valence-corrected chi connectivity index (χ1v) is 10.1. The third-order valence-corrected chi connectivity index (χ3v) is 6.84. The first-order chi connectivity index (χ1) is 11.2. The van der Waals surface area contributed by atoms with Gasteiger partial charge in [-0.1, -0.05) is 23.7 Å². The van der Waals surface area contributed by atoms with Crippen molar-refractivity contribution in [3.63, 3.8) is 0 Å². The number of thiophene rings is 1. The maximum absolute atomic E-state index is 12.4. The van der Waals surface area contributed by atoms with Gasteiger partial charge in [0, 0.05) is 32.4 Å². The van der Waals surface area contributed by atoms with E-state index in [-0.39, 0.29) is 16.8 Å². The van der Waals surface area contributed by atoms with Crippen molar-refractivity contribution < 1.29 is 8.42 Å². The van der Waals surface area contributed by atoms with Crippen molar-refractivity contribution in [3.8, 4) is 0 Å². The first kappa shape index (κ1) is 19.2. The van der Waals surface area contributed by atoms with Crippen molar-refractivity contribution in [3.05, 3.63) is 46.3 Å². The number of nitrogens with one attached hydrogen (secondary N) is 1. The molecule has 1 heterocycles. The van der Waals surface area contributed by atoms with Gasteiger partial charge in [-0.05, 0) is 43.9 Å². The second kappa shape index (κ2) is 7.84. The Balaban J connectivity index is 2.14. The monoisotopic (exact) mass is 387 g/mol. The van der Waals surface area contributed by atoms with Crippen LogP contribution in [0.3, 0.4) is 0 Å². The Morgan fingerprint density at radius 2 is 1.71 bits per heavy atom. The van der Waals surface area contributed by atoms with Crippen LogP contribution >= 0.6 is 22.9 Å². The van der Waals surface area contributed by atoms with Gasteiger partial charge in [0.1, 0.15) is 4.21 Å². The summed E-state index contributed by atoms with van der Waals surface area (Å²) in [5.74, 6) is 0. The molecule has 0 aliphatic rings. The molecular formula is C16H22ClN3O2S2. The highest BCUT2D eigenvalue weighted by Crippen LogP contribution is 2.26. The summed E-state index contributed by atoms with van der Waals surface area (Å²) in [4.78, 5) is 4.02. The molecule has 0 radical (unpaired) electrons. The Morgan fingerprint density at radius 1 is 1.08 bits per heavy atom. The summed E-state index contributed by atoms with van der Waals surface area (Å²) in [5, 5.41) is 0. The van der Waals surface area contributed by atoms with Crippen molar-refractivity contribution in [2.45, 2.75) is 10.3 Å². The van der Waals surface area contributed by atoms with Gasteiger partial charge in [0.05, 0.1) is 4.34 Å². The summed E-state index contributed by atoms with van der Waals surface area (Å²) in [7, 11) is 4.28. The van der Waals surface area contributed by atoms with E-state index in [9.17, 15) is 8.42 Å². The Bertz CT molecular complexity index is 771. The van der Waals surface area contributed by atoms with Crippen LogP contribution in [-0.4, -0.2) is 48.1 Å². The lowest BCUT2D eigenvalue weighted by molar-refractivity contribution is 0.299. The predicted molar refractivity (Wildman–Crippen MR) is 102 cm³/mol. The highest BCUT2D eigenvalue weighted by atomic mass is 35.5. The smallest absolute Gasteiger partial charge is 0.250 e. The Labute approximate surface area is 152 Å². The summed E-state index contributed by atoms with van der Waals surface area (Å²) in [6.45, 7) is 0.284. The average molecular weight is 388 g/mol. The first-order valence-electron chi connectivity index (χ1n) is 7.39. The lowest BCUT2D eigenvalue weighted by Crippen LogP contribution is -2.34. The summed E-state index contributed by atoms with van der Waals surface area (Å²) in [6, 6.07) is 11.1. The summed E-state index contributed by atoms with van der Waals surface area (Å²) in [6.07, 6.45) is 0. The van der Waals surface area contributed by atoms with Gasteiger partial charge in [0.15, 0.2) is 0 Å². The zero-order valence-electron chi connectivity index (χ0n) is 14.2. The Morgan fingerprint density at radius 3 is 2.17 bits per heavy atom. The lowest BCUT2D eigenvalue weighted by atomic mass is 10.1. The van der Waals surface area contributed by atoms with Crippen LogP contribution in [0.2, 0.25) is 4.34 Å². The van der Waals surface area contributed by atoms with Gasteiger partial charge in [-0.15, -0.1) is 11.3 Å². The highest BCUT2D eigenvalue weighted by Gasteiger charge is 2.21. The third-order valence-electron chi connectivity index (χ3n) is 3.70. The second-order valence-electron chi connectivity index (χ2n) is 5.88. The fourth-order valence-electron chi connectivity index (χ4n) is 2.30. The number of hydrogen-bond donors (Lipinski definition) is 1. The molecule has 1 atom stereocenters. The van der Waals surface area contributed by atoms with Crippen LogP contribution in [0.15, 0.2) is 40.6 Å². The molecule has 0 bridgehead atoms. The third kappa shape index (κ3) is 4.70. The standard InChI is InChI=1S/C16H22ClN3O2S2/c1-19(2)13-7-5-12(6-8-13)14(20(3)4)11-18-24(21,22)16-10-9-15(17)23-16/h5-10,14,18H,11H2,1-4H3/t14-/m0/s1. The number of likely N-dealkylation sites (N-methyl/N-ethyl adjacent to an activating group) is 1. The molecule has 1 N–H and O–H groups in total. The molecule has 1 aromatic carbocycles. The predicted octanol–water partition coefficient (Wildman–Crippen LogP) is 3.05. The van der Waals surface area contributed by atoms with Crippen LogP contribution < -0.4 is 9.62 Å². The molecule has 0 spiro atoms. The van der Waals surface area contributed by atoms with Gasteiger partial charge in [-0.3, -0.25) is 0 Å². The minimum atomic E-state index is -3.55. The Hall–Kier alpha value is -1.12. The molecule has 0 saturated heterocycles. The van der Waals surface area contributed by atoms with Gasteiger partial charge in [0.2, 0.25) is 10.0 Å². The van der Waals surface area contributed by atoms with Gasteiger partial charge in [-0.2, -0.15) is 0 Å². The average Bonchev–Trinajstić information content (AvgIpc) is 2.95. The van der Waals surface area contributed by atoms with Gasteiger partial charge in [0.25, 0.3) is 0 Å². The zero-order chi connectivity index (χ0) is 17.9. The number of nitrogens with zero attached hydrogens (tertiary/aromatic N) is 2. The number of sulfonamides is 1. The molecule has 1 aromatic heterocycles. The summed E-state index contributed by atoms with van der Waals surface area (Å²) < 4.78 is 28.1. The fourth-order valence-corrected chi connectivity index (χ4v) is 4.86. The maximum Gasteiger partial charge on any atom is 0.250 e. The minimum absolute atomic E-state index is 0.0635. The van der Waals surface area contributed by atoms with E-state index in [4.69, 9.17) is 11.6 Å². The molecule has 0 aliphatic carbocycles. The van der Waals surface area contributed by atoms with Crippen molar-refractivity contribution >= 4 is 38.6 Å². The maximum atomic E-state index is 12.4. The minimum Gasteiger partial charge on any atom is -0.378 e. The highest BCUT2D eigenvalue weighted by molar-refractivity contribution is 7.91. The Kier molecular flexibility index (Phi) is 6.28. The molecule has 8 heteroatoms. The number of rotatable bonds is 7. The van der Waals surface area contributed by atoms with E-state index >= 15 is 0 Å². The molecule has 0 aliphatic heterocycles. The largest absolute Gasteiger partial charge is 0.378 e. The molecule has 0 fully saturated rings. The van der Waals surface area contributed by atoms with Crippen LogP contribution in [0.25, 0.3) is 0 Å². The quantitative estimate of drug-likeness (QED) is 0.793. The van der Waals surface area contributed by atoms with Crippen LogP contribution in [0.5, 0.6) is 0 Å². The molecule has 24 heavy (non-hydrogen) atoms. The number of benzene rings is 1. The topological polar surface area (TPSA) is 52.7 Å². The molecule has 0 unspecified atom stereocenters. The molecule has 2 rings (SSSR count). The van der Waals surface area contributed by atoms with Crippen molar-refractivity contribution in [1.29, 1.82) is 0 Å². The number of hydrogen-bond acceptors (Lipinski definition) is 5. The van der Waals surface area contributed by atoms with E-state index in [0.717, 1.165) is 22.6 Å². The van der Waals surface area contributed by atoms with Crippen molar-refractivity contribution in [2.24, 2.45) is 0 Å². The molecule has 5 nitrogen and oxygen atoms in total. The molecular weight excluding hydrogens is 366 g/mol. The van der Waals surface area contributed by atoms with E-state index in [1.807, 2.05) is 62.3 Å². The van der Waals surface area contributed by atoms with E-state index < -0.39 is 10.0 Å². The van der Waals surface area contributed by atoms with E-state index in [1.165, 1.54) is 6.07 Å². The van der Waals surface area contributed by atoms with E-state index in [0.29, 0.717) is 4.34 Å². The van der Waals surface area contributed by atoms with Gasteiger partial charge < -0.3 is 9.80 Å². The van der Waals surface area contributed by atoms with Crippen LogP contribution in [-0.2, 0) is 10.0 Å². The van der Waals surface area contributed by atoms with E-state index in [2.05, 4.69) is 4.72 Å². The van der Waals surface area contributed by atoms with Crippen molar-refractivity contribution in [2.75, 3.05) is 39.6 Å². The lowest BCUT2D eigenvalue weighted by Gasteiger charge is -2.25. The number of anilines is 1. The molecule has 0 amide bonds. The summed E-state index contributed by atoms with van der Waals surface area (Å²) in [5.41, 5.74) is 2.16. The van der Waals surface area contributed by atoms with Gasteiger partial charge in [-0.25, -0.2) is 13.1 Å². The second-order valence-corrected chi connectivity index (χ2v) is 9.58. The van der Waals surface area contributed by atoms with E-state index in [1.54, 1.807) is 6.07 Å². The zero-order valence-corrected chi connectivity index (χ0v) is 16.5.